The van der Waals surface area contributed by atoms with Crippen LogP contribution in [0.15, 0.2) is 60.7 Å². The van der Waals surface area contributed by atoms with Crippen molar-refractivity contribution in [3.63, 3.8) is 0 Å². The Balaban J connectivity index is 1.39. The van der Waals surface area contributed by atoms with E-state index in [4.69, 9.17) is 9.39 Å². The van der Waals surface area contributed by atoms with Crippen molar-refractivity contribution in [1.82, 2.24) is 0 Å². The third-order valence-corrected chi connectivity index (χ3v) is 5.10. The van der Waals surface area contributed by atoms with Gasteiger partial charge >= 0.3 is 7.12 Å². The first-order chi connectivity index (χ1) is 13.7. The van der Waals surface area contributed by atoms with E-state index in [1.165, 1.54) is 6.07 Å². The minimum Gasteiger partial charge on any atom is -0.489 e. The summed E-state index contributed by atoms with van der Waals surface area (Å²) in [5, 5.41) is 13.2. The van der Waals surface area contributed by atoms with Crippen LogP contribution in [0.1, 0.15) is 11.1 Å². The molecular weight excluding hydrogens is 358 g/mol. The second kappa shape index (κ2) is 6.85. The molecule has 0 radical (unpaired) electrons. The highest BCUT2D eigenvalue weighted by atomic mass is 19.1. The maximum absolute atomic E-state index is 14.7. The molecule has 2 aliphatic heterocycles. The predicted octanol–water partition coefficient (Wildman–Crippen LogP) is 3.14. The Morgan fingerprint density at radius 3 is 2.82 bits per heavy atom. The lowest BCUT2D eigenvalue weighted by Gasteiger charge is -2.20. The molecular formula is C21H18BFN2O3. The Morgan fingerprint density at radius 2 is 1.96 bits per heavy atom. The standard InChI is InChI=1S/C21H18BFN2O3/c23-18-8-15-12-28-22(26)17(15)10-21(18)25-13-24-19-9-16(6-7-20(19)25)27-11-14-4-2-1-3-5-14/h1-10,24,26H,11-13H2. The maximum Gasteiger partial charge on any atom is 0.491 e. The zero-order valence-corrected chi connectivity index (χ0v) is 15.1. The van der Waals surface area contributed by atoms with Gasteiger partial charge in [0.2, 0.25) is 0 Å². The van der Waals surface area contributed by atoms with Crippen molar-refractivity contribution in [2.45, 2.75) is 13.2 Å². The fourth-order valence-electron chi connectivity index (χ4n) is 3.63. The number of halogens is 1. The van der Waals surface area contributed by atoms with Gasteiger partial charge in [0.25, 0.3) is 0 Å². The van der Waals surface area contributed by atoms with Crippen LogP contribution in [0.25, 0.3) is 0 Å². The number of fused-ring (bicyclic) bond motifs is 2. The lowest BCUT2D eigenvalue weighted by Crippen LogP contribution is -2.29. The van der Waals surface area contributed by atoms with E-state index >= 15 is 0 Å². The summed E-state index contributed by atoms with van der Waals surface area (Å²) < 4.78 is 25.7. The van der Waals surface area contributed by atoms with Gasteiger partial charge in [-0.05, 0) is 40.9 Å². The first-order valence-corrected chi connectivity index (χ1v) is 9.13. The van der Waals surface area contributed by atoms with Gasteiger partial charge in [-0.2, -0.15) is 0 Å². The molecule has 0 amide bonds. The van der Waals surface area contributed by atoms with Gasteiger partial charge in [-0.15, -0.1) is 0 Å². The van der Waals surface area contributed by atoms with E-state index < -0.39 is 7.12 Å². The molecule has 0 saturated carbocycles. The molecule has 0 fully saturated rings. The zero-order valence-electron chi connectivity index (χ0n) is 15.1. The lowest BCUT2D eigenvalue weighted by atomic mass is 9.79. The molecule has 28 heavy (non-hydrogen) atoms. The molecule has 5 nitrogen and oxygen atoms in total. The predicted molar refractivity (Wildman–Crippen MR) is 107 cm³/mol. The van der Waals surface area contributed by atoms with Gasteiger partial charge in [0, 0.05) is 6.07 Å². The molecule has 0 aliphatic carbocycles. The van der Waals surface area contributed by atoms with E-state index in [1.807, 2.05) is 53.4 Å². The molecule has 0 saturated heterocycles. The SMILES string of the molecule is OB1OCc2cc(F)c(N3CNc4cc(OCc5ccccc5)ccc43)cc21. The van der Waals surface area contributed by atoms with E-state index in [9.17, 15) is 9.41 Å². The Kier molecular flexibility index (Phi) is 4.18. The van der Waals surface area contributed by atoms with Crippen LogP contribution in [0.5, 0.6) is 5.75 Å². The topological polar surface area (TPSA) is 54.0 Å². The summed E-state index contributed by atoms with van der Waals surface area (Å²) in [6.45, 7) is 1.15. The molecule has 0 aromatic heterocycles. The van der Waals surface area contributed by atoms with Crippen LogP contribution in [0.3, 0.4) is 0 Å². The molecule has 0 unspecified atom stereocenters. The van der Waals surface area contributed by atoms with Gasteiger partial charge in [-0.3, -0.25) is 0 Å². The molecule has 2 heterocycles. The summed E-state index contributed by atoms with van der Waals surface area (Å²) in [4.78, 5) is 1.84. The number of benzene rings is 3. The molecule has 0 bridgehead atoms. The van der Waals surface area contributed by atoms with E-state index in [1.54, 1.807) is 6.07 Å². The normalized spacial score (nSPS) is 14.6. The third kappa shape index (κ3) is 2.98. The van der Waals surface area contributed by atoms with E-state index in [-0.39, 0.29) is 12.4 Å². The van der Waals surface area contributed by atoms with Crippen LogP contribution in [0, 0.1) is 5.82 Å². The van der Waals surface area contributed by atoms with Crippen LogP contribution >= 0.6 is 0 Å². The maximum atomic E-state index is 14.7. The molecule has 3 aromatic rings. The van der Waals surface area contributed by atoms with Crippen molar-refractivity contribution in [3.05, 3.63) is 77.6 Å². The van der Waals surface area contributed by atoms with Crippen molar-refractivity contribution >= 4 is 29.6 Å². The molecule has 2 N–H and O–H groups in total. The second-order valence-electron chi connectivity index (χ2n) is 6.88. The summed E-state index contributed by atoms with van der Waals surface area (Å²) in [6, 6.07) is 18.8. The summed E-state index contributed by atoms with van der Waals surface area (Å²) in [5.41, 5.74) is 4.55. The second-order valence-corrected chi connectivity index (χ2v) is 6.88. The van der Waals surface area contributed by atoms with Crippen LogP contribution in [0.4, 0.5) is 21.5 Å². The number of rotatable bonds is 4. The number of hydrogen-bond donors (Lipinski definition) is 2. The molecule has 140 valence electrons. The van der Waals surface area contributed by atoms with Crippen LogP contribution in [-0.2, 0) is 17.9 Å². The fourth-order valence-corrected chi connectivity index (χ4v) is 3.63. The number of nitrogens with one attached hydrogen (secondary N) is 1. The van der Waals surface area contributed by atoms with Gasteiger partial charge in [0.1, 0.15) is 18.2 Å². The smallest absolute Gasteiger partial charge is 0.489 e. The average Bonchev–Trinajstić information content (AvgIpc) is 3.29. The molecule has 7 heteroatoms. The van der Waals surface area contributed by atoms with E-state index in [0.29, 0.717) is 30.0 Å². The summed E-state index contributed by atoms with van der Waals surface area (Å²) in [7, 11) is -1.00. The van der Waals surface area contributed by atoms with Gasteiger partial charge in [0.15, 0.2) is 0 Å². The number of nitrogens with zero attached hydrogens (tertiary/aromatic N) is 1. The highest BCUT2D eigenvalue weighted by molar-refractivity contribution is 6.61. The summed E-state index contributed by atoms with van der Waals surface area (Å²) in [5.74, 6) is 0.408. The van der Waals surface area contributed by atoms with Crippen molar-refractivity contribution in [2.75, 3.05) is 16.9 Å². The quantitative estimate of drug-likeness (QED) is 0.686. The largest absolute Gasteiger partial charge is 0.491 e. The Hall–Kier alpha value is -3.03. The molecule has 2 aliphatic rings. The first-order valence-electron chi connectivity index (χ1n) is 9.13. The monoisotopic (exact) mass is 376 g/mol. The van der Waals surface area contributed by atoms with Crippen LogP contribution in [-0.4, -0.2) is 18.8 Å². The Bertz CT molecular complexity index is 1030. The number of hydrogen-bond acceptors (Lipinski definition) is 5. The van der Waals surface area contributed by atoms with Gasteiger partial charge < -0.3 is 24.6 Å². The Labute approximate surface area is 162 Å². The highest BCUT2D eigenvalue weighted by Crippen LogP contribution is 2.40. The van der Waals surface area contributed by atoms with Crippen LogP contribution < -0.4 is 20.4 Å². The summed E-state index contributed by atoms with van der Waals surface area (Å²) in [6.07, 6.45) is 0. The molecule has 3 aromatic carbocycles. The van der Waals surface area contributed by atoms with Crippen molar-refractivity contribution < 1.29 is 18.8 Å². The minimum atomic E-state index is -1.00. The third-order valence-electron chi connectivity index (χ3n) is 5.10. The Morgan fingerprint density at radius 1 is 1.11 bits per heavy atom. The molecule has 5 rings (SSSR count). The fraction of sp³-hybridized carbons (Fsp3) is 0.143. The van der Waals surface area contributed by atoms with Gasteiger partial charge in [-0.25, -0.2) is 4.39 Å². The number of ether oxygens (including phenoxy) is 1. The average molecular weight is 376 g/mol. The molecule has 0 spiro atoms. The first kappa shape index (κ1) is 17.1. The summed E-state index contributed by atoms with van der Waals surface area (Å²) >= 11 is 0. The van der Waals surface area contributed by atoms with Crippen molar-refractivity contribution in [1.29, 1.82) is 0 Å². The van der Waals surface area contributed by atoms with Gasteiger partial charge in [0.05, 0.1) is 30.3 Å². The van der Waals surface area contributed by atoms with Gasteiger partial charge in [-0.1, -0.05) is 30.3 Å². The van der Waals surface area contributed by atoms with Crippen molar-refractivity contribution in [2.24, 2.45) is 0 Å². The highest BCUT2D eigenvalue weighted by Gasteiger charge is 2.31. The van der Waals surface area contributed by atoms with Crippen LogP contribution in [0.2, 0.25) is 0 Å². The number of anilines is 3. The van der Waals surface area contributed by atoms with Crippen molar-refractivity contribution in [3.8, 4) is 5.75 Å². The zero-order chi connectivity index (χ0) is 19.1. The lowest BCUT2D eigenvalue weighted by molar-refractivity contribution is 0.275. The van der Waals surface area contributed by atoms with E-state index in [0.717, 1.165) is 22.7 Å². The molecule has 0 atom stereocenters. The minimum absolute atomic E-state index is 0.227. The van der Waals surface area contributed by atoms with E-state index in [2.05, 4.69) is 5.32 Å².